The van der Waals surface area contributed by atoms with E-state index in [-0.39, 0.29) is 0 Å². The maximum atomic E-state index is 6.36. The van der Waals surface area contributed by atoms with E-state index >= 15 is 0 Å². The van der Waals surface area contributed by atoms with Crippen LogP contribution in [0.2, 0.25) is 0 Å². The van der Waals surface area contributed by atoms with Crippen LogP contribution in [0.1, 0.15) is 5.76 Å². The highest BCUT2D eigenvalue weighted by atomic mass is 127. The lowest BCUT2D eigenvalue weighted by Crippen LogP contribution is -1.86. The van der Waals surface area contributed by atoms with Crippen LogP contribution in [-0.4, -0.2) is 4.43 Å². The molecule has 1 aromatic heterocycles. The zero-order valence-corrected chi connectivity index (χ0v) is 17.8. The summed E-state index contributed by atoms with van der Waals surface area (Å²) < 4.78 is 8.64. The standard InChI is InChI=1S/C22H16I2O/c23-13-12-19-21(24)20(16-7-2-1-3-8-16)22(25-19)18-11-10-15-6-4-5-9-17(15)14-18/h1-11,14H,12-13H2. The summed E-state index contributed by atoms with van der Waals surface area (Å²) in [7, 11) is 0. The first-order valence-corrected chi connectivity index (χ1v) is 10.8. The predicted octanol–water partition coefficient (Wildman–Crippen LogP) is 7.35. The molecule has 0 aliphatic heterocycles. The van der Waals surface area contributed by atoms with Gasteiger partial charge in [0.1, 0.15) is 11.5 Å². The molecule has 0 bridgehead atoms. The summed E-state index contributed by atoms with van der Waals surface area (Å²) >= 11 is 4.84. The molecule has 0 spiro atoms. The van der Waals surface area contributed by atoms with Crippen molar-refractivity contribution in [2.24, 2.45) is 0 Å². The zero-order chi connectivity index (χ0) is 17.2. The van der Waals surface area contributed by atoms with Crippen molar-refractivity contribution < 1.29 is 4.42 Å². The largest absolute Gasteiger partial charge is 0.459 e. The van der Waals surface area contributed by atoms with Gasteiger partial charge in [0.15, 0.2) is 0 Å². The summed E-state index contributed by atoms with van der Waals surface area (Å²) in [5.41, 5.74) is 3.55. The first-order valence-electron chi connectivity index (χ1n) is 8.19. The van der Waals surface area contributed by atoms with Gasteiger partial charge in [-0.25, -0.2) is 0 Å². The predicted molar refractivity (Wildman–Crippen MR) is 122 cm³/mol. The second kappa shape index (κ2) is 7.50. The van der Waals surface area contributed by atoms with Crippen LogP contribution in [0.4, 0.5) is 0 Å². The molecule has 0 aliphatic carbocycles. The van der Waals surface area contributed by atoms with Gasteiger partial charge in [0.2, 0.25) is 0 Å². The Hall–Kier alpha value is -1.34. The van der Waals surface area contributed by atoms with Crippen LogP contribution in [0.5, 0.6) is 0 Å². The van der Waals surface area contributed by atoms with Crippen LogP contribution in [0.15, 0.2) is 77.2 Å². The molecule has 0 atom stereocenters. The summed E-state index contributed by atoms with van der Waals surface area (Å²) in [6.07, 6.45) is 0.951. The number of alkyl halides is 1. The van der Waals surface area contributed by atoms with E-state index in [4.69, 9.17) is 4.42 Å². The number of fused-ring (bicyclic) bond motifs is 1. The third-order valence-electron chi connectivity index (χ3n) is 4.31. The minimum Gasteiger partial charge on any atom is -0.459 e. The van der Waals surface area contributed by atoms with Gasteiger partial charge < -0.3 is 4.42 Å². The first-order chi connectivity index (χ1) is 12.3. The molecule has 0 radical (unpaired) electrons. The van der Waals surface area contributed by atoms with Gasteiger partial charge in [-0.1, -0.05) is 89.3 Å². The molecule has 0 fully saturated rings. The Labute approximate surface area is 174 Å². The Bertz CT molecular complexity index is 1020. The van der Waals surface area contributed by atoms with Crippen molar-refractivity contribution in [2.45, 2.75) is 6.42 Å². The molecule has 4 aromatic rings. The number of furan rings is 1. The topological polar surface area (TPSA) is 13.1 Å². The summed E-state index contributed by atoms with van der Waals surface area (Å²) in [5, 5.41) is 2.49. The van der Waals surface area contributed by atoms with Crippen LogP contribution >= 0.6 is 45.2 Å². The number of halogens is 2. The van der Waals surface area contributed by atoms with E-state index < -0.39 is 0 Å². The molecule has 3 aromatic carbocycles. The van der Waals surface area contributed by atoms with Crippen molar-refractivity contribution >= 4 is 56.0 Å². The third-order valence-corrected chi connectivity index (χ3v) is 5.99. The smallest absolute Gasteiger partial charge is 0.143 e. The SMILES string of the molecule is ICCc1oc(-c2ccc3ccccc3c2)c(-c2ccccc2)c1I. The Balaban J connectivity index is 1.94. The van der Waals surface area contributed by atoms with Crippen molar-refractivity contribution in [1.82, 2.24) is 0 Å². The summed E-state index contributed by atoms with van der Waals surface area (Å²) in [6, 6.07) is 25.6. The summed E-state index contributed by atoms with van der Waals surface area (Å²) in [4.78, 5) is 0. The Kier molecular flexibility index (Phi) is 5.12. The molecule has 124 valence electrons. The number of aryl methyl sites for hydroxylation is 1. The lowest BCUT2D eigenvalue weighted by atomic mass is 9.99. The Morgan fingerprint density at radius 2 is 1.48 bits per heavy atom. The highest BCUT2D eigenvalue weighted by Gasteiger charge is 2.20. The lowest BCUT2D eigenvalue weighted by Gasteiger charge is -2.06. The van der Waals surface area contributed by atoms with Gasteiger partial charge in [0.25, 0.3) is 0 Å². The second-order valence-corrected chi connectivity index (χ2v) is 8.07. The van der Waals surface area contributed by atoms with Crippen molar-refractivity contribution in [1.29, 1.82) is 0 Å². The fraction of sp³-hybridized carbons (Fsp3) is 0.0909. The molecule has 0 saturated heterocycles. The van der Waals surface area contributed by atoms with E-state index in [0.717, 1.165) is 27.9 Å². The highest BCUT2D eigenvalue weighted by Crippen LogP contribution is 2.41. The van der Waals surface area contributed by atoms with E-state index in [0.29, 0.717) is 0 Å². The molecule has 0 unspecified atom stereocenters. The zero-order valence-electron chi connectivity index (χ0n) is 13.5. The van der Waals surface area contributed by atoms with E-state index in [1.165, 1.54) is 25.5 Å². The fourth-order valence-electron chi connectivity index (χ4n) is 3.10. The molecule has 4 rings (SSSR count). The molecule has 25 heavy (non-hydrogen) atoms. The molecule has 0 saturated carbocycles. The van der Waals surface area contributed by atoms with E-state index in [1.54, 1.807) is 0 Å². The van der Waals surface area contributed by atoms with E-state index in [9.17, 15) is 0 Å². The first kappa shape index (κ1) is 17.1. The Morgan fingerprint density at radius 3 is 2.24 bits per heavy atom. The molecular weight excluding hydrogens is 534 g/mol. The average Bonchev–Trinajstić information content (AvgIpc) is 2.99. The molecule has 3 heteroatoms. The minimum atomic E-state index is 0.951. The maximum Gasteiger partial charge on any atom is 0.143 e. The van der Waals surface area contributed by atoms with Gasteiger partial charge >= 0.3 is 0 Å². The lowest BCUT2D eigenvalue weighted by molar-refractivity contribution is 0.529. The molecule has 1 heterocycles. The molecular formula is C22H16I2O. The number of rotatable bonds is 4. The second-order valence-electron chi connectivity index (χ2n) is 5.91. The number of hydrogen-bond acceptors (Lipinski definition) is 1. The van der Waals surface area contributed by atoms with Gasteiger partial charge in [-0.15, -0.1) is 0 Å². The highest BCUT2D eigenvalue weighted by molar-refractivity contribution is 14.1. The number of hydrogen-bond donors (Lipinski definition) is 0. The van der Waals surface area contributed by atoms with Crippen molar-refractivity contribution in [3.8, 4) is 22.5 Å². The van der Waals surface area contributed by atoms with Gasteiger partial charge in [0.05, 0.1) is 3.57 Å². The van der Waals surface area contributed by atoms with Crippen LogP contribution in [-0.2, 0) is 6.42 Å². The van der Waals surface area contributed by atoms with Crippen molar-refractivity contribution in [3.63, 3.8) is 0 Å². The van der Waals surface area contributed by atoms with E-state index in [1.807, 2.05) is 0 Å². The van der Waals surface area contributed by atoms with Gasteiger partial charge in [-0.05, 0) is 45.0 Å². The van der Waals surface area contributed by atoms with Crippen LogP contribution in [0.25, 0.3) is 33.2 Å². The fourth-order valence-corrected chi connectivity index (χ4v) is 4.53. The van der Waals surface area contributed by atoms with Crippen molar-refractivity contribution in [2.75, 3.05) is 4.43 Å². The maximum absolute atomic E-state index is 6.36. The Morgan fingerprint density at radius 1 is 0.760 bits per heavy atom. The molecule has 0 N–H and O–H groups in total. The third kappa shape index (κ3) is 3.36. The van der Waals surface area contributed by atoms with Crippen LogP contribution in [0.3, 0.4) is 0 Å². The normalized spacial score (nSPS) is 11.1. The molecule has 1 nitrogen and oxygen atoms in total. The monoisotopic (exact) mass is 550 g/mol. The molecule has 0 amide bonds. The van der Waals surface area contributed by atoms with Gasteiger partial charge in [-0.2, -0.15) is 0 Å². The quantitative estimate of drug-likeness (QED) is 0.192. The molecule has 0 aliphatic rings. The number of benzene rings is 3. The summed E-state index contributed by atoms with van der Waals surface area (Å²) in [5.74, 6) is 2.05. The summed E-state index contributed by atoms with van der Waals surface area (Å²) in [6.45, 7) is 0. The average molecular weight is 550 g/mol. The van der Waals surface area contributed by atoms with Gasteiger partial charge in [-0.3, -0.25) is 0 Å². The van der Waals surface area contributed by atoms with Crippen LogP contribution < -0.4 is 0 Å². The van der Waals surface area contributed by atoms with Gasteiger partial charge in [0, 0.05) is 22.0 Å². The van der Waals surface area contributed by atoms with E-state index in [2.05, 4.69) is 118 Å². The van der Waals surface area contributed by atoms with Crippen LogP contribution in [0, 0.1) is 3.57 Å². The minimum absolute atomic E-state index is 0.951. The van der Waals surface area contributed by atoms with Crippen molar-refractivity contribution in [3.05, 3.63) is 82.1 Å².